The van der Waals surface area contributed by atoms with E-state index in [2.05, 4.69) is 6.58 Å². The first kappa shape index (κ1) is 46.8. The molecule has 15 unspecified atom stereocenters. The molecule has 0 radical (unpaired) electrons. The van der Waals surface area contributed by atoms with Gasteiger partial charge in [-0.1, -0.05) is 6.08 Å². The lowest BCUT2D eigenvalue weighted by molar-refractivity contribution is -0.397. The molecule has 0 bridgehead atoms. The van der Waals surface area contributed by atoms with Gasteiger partial charge in [-0.15, -0.1) is 6.58 Å². The fraction of sp³-hybridized carbons (Fsp3) is 0.939. The van der Waals surface area contributed by atoms with Crippen LogP contribution in [0.3, 0.4) is 0 Å². The van der Waals surface area contributed by atoms with Crippen molar-refractivity contribution in [3.8, 4) is 0 Å². The Morgan fingerprint density at radius 3 is 1.44 bits per heavy atom. The Labute approximate surface area is 325 Å². The van der Waals surface area contributed by atoms with Gasteiger partial charge in [-0.2, -0.15) is 0 Å². The SMILES string of the molecule is C=CCO[C@@H]1OC(CO)[C@H](O)C(O[C@@H]2OC(CO)[C@@H](O[C@@H]3OC(CO)[C@H](O)C(O)C3O[C@@H]3OC(C)[C@@H](O)C(O)C3O)C(O[C@@H]3OC(C)[C@@H](O)C(O)C3O)C2N)C1O. The van der Waals surface area contributed by atoms with Crippen LogP contribution < -0.4 is 5.73 Å². The van der Waals surface area contributed by atoms with Crippen molar-refractivity contribution in [2.75, 3.05) is 26.4 Å². The summed E-state index contributed by atoms with van der Waals surface area (Å²) in [6, 6.07) is -1.62. The van der Waals surface area contributed by atoms with Crippen LogP contribution >= 0.6 is 0 Å². The number of aliphatic hydroxyl groups excluding tert-OH is 13. The zero-order chi connectivity index (χ0) is 42.0. The Balaban J connectivity index is 1.48. The maximum Gasteiger partial charge on any atom is 0.187 e. The fourth-order valence-electron chi connectivity index (χ4n) is 7.23. The van der Waals surface area contributed by atoms with Gasteiger partial charge in [0.25, 0.3) is 0 Å². The smallest absolute Gasteiger partial charge is 0.187 e. The van der Waals surface area contributed by atoms with Gasteiger partial charge in [0, 0.05) is 0 Å². The molecule has 332 valence electrons. The molecule has 24 nitrogen and oxygen atoms in total. The van der Waals surface area contributed by atoms with E-state index in [1.54, 1.807) is 0 Å². The van der Waals surface area contributed by atoms with Crippen LogP contribution in [0.5, 0.6) is 0 Å². The Hall–Kier alpha value is -1.22. The molecule has 5 aliphatic rings. The molecule has 0 aromatic carbocycles. The lowest BCUT2D eigenvalue weighted by Gasteiger charge is -2.51. The van der Waals surface area contributed by atoms with E-state index in [1.165, 1.54) is 19.9 Å². The number of hydrogen-bond donors (Lipinski definition) is 14. The summed E-state index contributed by atoms with van der Waals surface area (Å²) in [7, 11) is 0. The first-order chi connectivity index (χ1) is 27.0. The minimum absolute atomic E-state index is 0.115. The molecule has 24 heteroatoms. The minimum atomic E-state index is -1.97. The molecule has 0 aromatic rings. The highest BCUT2D eigenvalue weighted by Gasteiger charge is 2.57. The van der Waals surface area contributed by atoms with Crippen LogP contribution in [0, 0.1) is 0 Å². The van der Waals surface area contributed by atoms with E-state index < -0.39 is 173 Å². The maximum atomic E-state index is 11.2. The minimum Gasteiger partial charge on any atom is -0.394 e. The van der Waals surface area contributed by atoms with Crippen LogP contribution in [0.25, 0.3) is 0 Å². The van der Waals surface area contributed by atoms with E-state index in [0.717, 1.165) is 0 Å². The Bertz CT molecular complexity index is 1260. The average Bonchev–Trinajstić information content (AvgIpc) is 3.19. The lowest BCUT2D eigenvalue weighted by Crippen LogP contribution is -2.70. The second kappa shape index (κ2) is 20.1. The van der Waals surface area contributed by atoms with Gasteiger partial charge in [-0.25, -0.2) is 0 Å². The monoisotopic (exact) mass is 835 g/mol. The van der Waals surface area contributed by atoms with Crippen LogP contribution in [-0.2, 0) is 47.4 Å². The molecular weight excluding hydrogens is 778 g/mol. The fourth-order valence-corrected chi connectivity index (χ4v) is 7.23. The molecule has 5 rings (SSSR count). The van der Waals surface area contributed by atoms with Crippen LogP contribution in [0.1, 0.15) is 13.8 Å². The van der Waals surface area contributed by atoms with Gasteiger partial charge in [0.05, 0.1) is 44.7 Å². The maximum absolute atomic E-state index is 11.2. The lowest BCUT2D eigenvalue weighted by atomic mass is 9.94. The highest BCUT2D eigenvalue weighted by Crippen LogP contribution is 2.36. The van der Waals surface area contributed by atoms with Gasteiger partial charge >= 0.3 is 0 Å². The Morgan fingerprint density at radius 1 is 0.456 bits per heavy atom. The Kier molecular flexibility index (Phi) is 16.5. The summed E-state index contributed by atoms with van der Waals surface area (Å²) < 4.78 is 57.8. The molecule has 0 spiro atoms. The highest BCUT2D eigenvalue weighted by molar-refractivity contribution is 5.00. The molecule has 5 heterocycles. The topological polar surface area (TPSA) is 381 Å². The van der Waals surface area contributed by atoms with Crippen molar-refractivity contribution >= 4 is 0 Å². The summed E-state index contributed by atoms with van der Waals surface area (Å²) in [5.41, 5.74) is 6.65. The first-order valence-electron chi connectivity index (χ1n) is 18.5. The van der Waals surface area contributed by atoms with E-state index in [-0.39, 0.29) is 6.61 Å². The number of ether oxygens (including phenoxy) is 10. The molecule has 57 heavy (non-hydrogen) atoms. The van der Waals surface area contributed by atoms with Crippen LogP contribution in [0.15, 0.2) is 12.7 Å². The second-order valence-corrected chi connectivity index (χ2v) is 14.6. The van der Waals surface area contributed by atoms with Gasteiger partial charge < -0.3 is 119 Å². The van der Waals surface area contributed by atoms with E-state index in [1.807, 2.05) is 0 Å². The molecule has 25 atom stereocenters. The van der Waals surface area contributed by atoms with Crippen molar-refractivity contribution in [3.63, 3.8) is 0 Å². The molecular formula is C33H57NO23. The predicted octanol–water partition coefficient (Wildman–Crippen LogP) is -8.69. The van der Waals surface area contributed by atoms with Crippen LogP contribution in [0.2, 0.25) is 0 Å². The van der Waals surface area contributed by atoms with E-state index in [4.69, 9.17) is 53.1 Å². The summed E-state index contributed by atoms with van der Waals surface area (Å²) in [6.07, 6.45) is -38.6. The summed E-state index contributed by atoms with van der Waals surface area (Å²) in [5, 5.41) is 138. The van der Waals surface area contributed by atoms with Gasteiger partial charge in [-0.05, 0) is 13.8 Å². The standard InChI is InChI=1S/C33H57NO23/c1-4-5-48-30-24(47)27(18(41)12(7-36)51-30)56-29-14(34)26(55-31-22(45)19(42)15(38)9(2)49-31)25(13(8-37)53-29)54-33-28(21(44)17(40)11(6-35)52-33)57-32-23(46)20(43)16(39)10(3)50-32/h4,9-33,35-47H,1,5-8,34H2,2-3H3/t9?,10?,11?,12?,13?,14?,15-,16-,17+,18+,19?,20?,21?,22?,23?,24?,25-,26?,27?,28?,29+,30-,31+,32+,33+/m1/s1. The number of nitrogens with two attached hydrogens (primary N) is 1. The van der Waals surface area contributed by atoms with Gasteiger partial charge in [0.2, 0.25) is 0 Å². The molecule has 5 aliphatic heterocycles. The van der Waals surface area contributed by atoms with E-state index in [9.17, 15) is 66.4 Å². The molecule has 5 fully saturated rings. The third kappa shape index (κ3) is 9.80. The third-order valence-corrected chi connectivity index (χ3v) is 10.7. The van der Waals surface area contributed by atoms with E-state index >= 15 is 0 Å². The number of rotatable bonds is 14. The number of aliphatic hydroxyl groups is 13. The zero-order valence-electron chi connectivity index (χ0n) is 31.0. The highest BCUT2D eigenvalue weighted by atomic mass is 16.8. The van der Waals surface area contributed by atoms with Crippen LogP contribution in [0.4, 0.5) is 0 Å². The predicted molar refractivity (Wildman–Crippen MR) is 180 cm³/mol. The van der Waals surface area contributed by atoms with Crippen molar-refractivity contribution in [3.05, 3.63) is 12.7 Å². The summed E-state index contributed by atoms with van der Waals surface area (Å²) >= 11 is 0. The summed E-state index contributed by atoms with van der Waals surface area (Å²) in [6.45, 7) is 3.57. The molecule has 0 aliphatic carbocycles. The van der Waals surface area contributed by atoms with Crippen molar-refractivity contribution in [1.82, 2.24) is 0 Å². The van der Waals surface area contributed by atoms with E-state index in [0.29, 0.717) is 0 Å². The zero-order valence-corrected chi connectivity index (χ0v) is 31.0. The van der Waals surface area contributed by atoms with Crippen LogP contribution in [-0.4, -0.2) is 246 Å². The van der Waals surface area contributed by atoms with Gasteiger partial charge in [0.15, 0.2) is 31.5 Å². The summed E-state index contributed by atoms with van der Waals surface area (Å²) in [4.78, 5) is 0. The molecule has 0 amide bonds. The van der Waals surface area contributed by atoms with Crippen molar-refractivity contribution in [2.24, 2.45) is 5.73 Å². The average molecular weight is 836 g/mol. The molecule has 0 aromatic heterocycles. The normalized spacial score (nSPS) is 52.4. The van der Waals surface area contributed by atoms with Gasteiger partial charge in [0.1, 0.15) is 104 Å². The quantitative estimate of drug-likeness (QED) is 0.0722. The molecule has 15 N–H and O–H groups in total. The largest absolute Gasteiger partial charge is 0.394 e. The van der Waals surface area contributed by atoms with Crippen molar-refractivity contribution < 1.29 is 114 Å². The first-order valence-corrected chi connectivity index (χ1v) is 18.5. The van der Waals surface area contributed by atoms with Crippen molar-refractivity contribution in [1.29, 1.82) is 0 Å². The third-order valence-electron chi connectivity index (χ3n) is 10.7. The van der Waals surface area contributed by atoms with Gasteiger partial charge in [-0.3, -0.25) is 0 Å². The molecule has 0 saturated carbocycles. The number of hydrogen-bond acceptors (Lipinski definition) is 24. The van der Waals surface area contributed by atoms with Crippen molar-refractivity contribution in [2.45, 2.75) is 167 Å². The summed E-state index contributed by atoms with van der Waals surface area (Å²) in [5.74, 6) is 0. The second-order valence-electron chi connectivity index (χ2n) is 14.6. The Morgan fingerprint density at radius 2 is 0.912 bits per heavy atom. The molecule has 5 saturated heterocycles.